The zero-order chi connectivity index (χ0) is 12.9. The molecule has 0 aromatic carbocycles. The van der Waals surface area contributed by atoms with E-state index in [2.05, 4.69) is 20.8 Å². The maximum Gasteiger partial charge on any atom is 0.224 e. The average molecular weight is 240 g/mol. The highest BCUT2D eigenvalue weighted by atomic mass is 16.2. The fourth-order valence-corrected chi connectivity index (χ4v) is 2.48. The summed E-state index contributed by atoms with van der Waals surface area (Å²) in [6, 6.07) is 0.0481. The fourth-order valence-electron chi connectivity index (χ4n) is 2.48. The van der Waals surface area contributed by atoms with Gasteiger partial charge in [-0.15, -0.1) is 0 Å². The Hall–Kier alpha value is -0.570. The fraction of sp³-hybridized carbons (Fsp3) is 0.929. The van der Waals surface area contributed by atoms with Crippen molar-refractivity contribution in [2.75, 3.05) is 13.1 Å². The summed E-state index contributed by atoms with van der Waals surface area (Å²) in [6.07, 6.45) is 6.02. The summed E-state index contributed by atoms with van der Waals surface area (Å²) in [5, 5.41) is 0. The van der Waals surface area contributed by atoms with Crippen LogP contribution in [-0.2, 0) is 4.79 Å². The number of likely N-dealkylation sites (tertiary alicyclic amines) is 1. The molecule has 1 heterocycles. The van der Waals surface area contributed by atoms with Crippen LogP contribution < -0.4 is 5.73 Å². The highest BCUT2D eigenvalue weighted by Gasteiger charge is 2.30. The molecular weight excluding hydrogens is 212 g/mol. The van der Waals surface area contributed by atoms with Crippen LogP contribution in [0.4, 0.5) is 0 Å². The number of nitrogens with two attached hydrogens (primary N) is 1. The van der Waals surface area contributed by atoms with Crippen LogP contribution in [0.2, 0.25) is 0 Å². The maximum atomic E-state index is 12.0. The van der Waals surface area contributed by atoms with Crippen molar-refractivity contribution >= 4 is 5.91 Å². The zero-order valence-electron chi connectivity index (χ0n) is 11.7. The minimum atomic E-state index is 0.0481. The van der Waals surface area contributed by atoms with Crippen LogP contribution in [0.25, 0.3) is 0 Å². The lowest BCUT2D eigenvalue weighted by Crippen LogP contribution is -2.43. The topological polar surface area (TPSA) is 46.3 Å². The third-order valence-electron chi connectivity index (χ3n) is 4.27. The lowest BCUT2D eigenvalue weighted by molar-refractivity contribution is -0.133. The predicted molar refractivity (Wildman–Crippen MR) is 71.7 cm³/mol. The van der Waals surface area contributed by atoms with Gasteiger partial charge in [-0.1, -0.05) is 33.6 Å². The lowest BCUT2D eigenvalue weighted by Gasteiger charge is -2.39. The average Bonchev–Trinajstić information content (AvgIpc) is 2.30. The molecule has 2 N–H and O–H groups in total. The van der Waals surface area contributed by atoms with E-state index in [0.29, 0.717) is 11.8 Å². The van der Waals surface area contributed by atoms with E-state index in [1.165, 1.54) is 6.42 Å². The number of carbonyl (C=O) groups excluding carboxylic acids is 1. The third kappa shape index (κ3) is 4.30. The number of nitrogens with zero attached hydrogens (tertiary/aromatic N) is 1. The SMILES string of the molecule is CCCC(N)CC(=O)N1CCC(C)(CC)CC1. The minimum absolute atomic E-state index is 0.0481. The molecule has 0 aromatic heterocycles. The Balaban J connectivity index is 2.36. The van der Waals surface area contributed by atoms with Gasteiger partial charge in [0.25, 0.3) is 0 Å². The van der Waals surface area contributed by atoms with Gasteiger partial charge in [-0.05, 0) is 24.7 Å². The summed E-state index contributed by atoms with van der Waals surface area (Å²) in [4.78, 5) is 14.0. The van der Waals surface area contributed by atoms with E-state index < -0.39 is 0 Å². The van der Waals surface area contributed by atoms with Crippen molar-refractivity contribution in [2.24, 2.45) is 11.1 Å². The first kappa shape index (κ1) is 14.5. The summed E-state index contributed by atoms with van der Waals surface area (Å²) in [5.41, 5.74) is 6.37. The summed E-state index contributed by atoms with van der Waals surface area (Å²) in [6.45, 7) is 8.52. The molecule has 0 bridgehead atoms. The van der Waals surface area contributed by atoms with Gasteiger partial charge in [0.2, 0.25) is 5.91 Å². The second-order valence-corrected chi connectivity index (χ2v) is 5.80. The molecule has 1 aliphatic rings. The Bertz CT molecular complexity index is 245. The van der Waals surface area contributed by atoms with Gasteiger partial charge >= 0.3 is 0 Å². The number of carbonyl (C=O) groups is 1. The van der Waals surface area contributed by atoms with Crippen molar-refractivity contribution in [1.82, 2.24) is 4.90 Å². The van der Waals surface area contributed by atoms with Crippen LogP contribution >= 0.6 is 0 Å². The zero-order valence-corrected chi connectivity index (χ0v) is 11.7. The minimum Gasteiger partial charge on any atom is -0.343 e. The molecule has 0 radical (unpaired) electrons. The van der Waals surface area contributed by atoms with Crippen LogP contribution in [0.15, 0.2) is 0 Å². The highest BCUT2D eigenvalue weighted by molar-refractivity contribution is 5.76. The molecule has 1 amide bonds. The largest absolute Gasteiger partial charge is 0.343 e. The molecule has 1 rings (SSSR count). The van der Waals surface area contributed by atoms with Crippen molar-refractivity contribution in [3.63, 3.8) is 0 Å². The van der Waals surface area contributed by atoms with E-state index in [0.717, 1.165) is 38.8 Å². The second kappa shape index (κ2) is 6.39. The molecule has 1 fully saturated rings. The number of amides is 1. The van der Waals surface area contributed by atoms with Gasteiger partial charge in [0, 0.05) is 25.6 Å². The molecule has 0 spiro atoms. The van der Waals surface area contributed by atoms with Crippen molar-refractivity contribution in [3.8, 4) is 0 Å². The van der Waals surface area contributed by atoms with E-state index in [-0.39, 0.29) is 11.9 Å². The Morgan fingerprint density at radius 1 is 1.35 bits per heavy atom. The maximum absolute atomic E-state index is 12.0. The summed E-state index contributed by atoms with van der Waals surface area (Å²) in [5.74, 6) is 0.254. The third-order valence-corrected chi connectivity index (χ3v) is 4.27. The van der Waals surface area contributed by atoms with E-state index >= 15 is 0 Å². The number of hydrogen-bond donors (Lipinski definition) is 1. The van der Waals surface area contributed by atoms with E-state index in [1.807, 2.05) is 4.90 Å². The number of piperidine rings is 1. The van der Waals surface area contributed by atoms with Crippen LogP contribution in [0.3, 0.4) is 0 Å². The van der Waals surface area contributed by atoms with Crippen molar-refractivity contribution in [1.29, 1.82) is 0 Å². The lowest BCUT2D eigenvalue weighted by atomic mass is 9.78. The van der Waals surface area contributed by atoms with Crippen LogP contribution in [0, 0.1) is 5.41 Å². The van der Waals surface area contributed by atoms with Gasteiger partial charge in [-0.2, -0.15) is 0 Å². The molecule has 1 saturated heterocycles. The van der Waals surface area contributed by atoms with E-state index in [4.69, 9.17) is 5.73 Å². The summed E-state index contributed by atoms with van der Waals surface area (Å²) >= 11 is 0. The molecule has 0 aliphatic carbocycles. The summed E-state index contributed by atoms with van der Waals surface area (Å²) < 4.78 is 0. The molecular formula is C14H28N2O. The predicted octanol–water partition coefficient (Wildman–Crippen LogP) is 2.54. The Morgan fingerprint density at radius 3 is 2.41 bits per heavy atom. The first-order chi connectivity index (χ1) is 8.00. The van der Waals surface area contributed by atoms with Crippen LogP contribution in [0.1, 0.15) is 59.3 Å². The van der Waals surface area contributed by atoms with Crippen molar-refractivity contribution in [3.05, 3.63) is 0 Å². The normalized spacial score (nSPS) is 21.3. The van der Waals surface area contributed by atoms with Gasteiger partial charge in [0.05, 0.1) is 0 Å². The Kier molecular flexibility index (Phi) is 5.44. The summed E-state index contributed by atoms with van der Waals surface area (Å²) in [7, 11) is 0. The first-order valence-electron chi connectivity index (χ1n) is 7.04. The van der Waals surface area contributed by atoms with Gasteiger partial charge in [-0.3, -0.25) is 4.79 Å². The van der Waals surface area contributed by atoms with Gasteiger partial charge in [0.1, 0.15) is 0 Å². The molecule has 1 unspecified atom stereocenters. The molecule has 100 valence electrons. The Labute approximate surface area is 106 Å². The highest BCUT2D eigenvalue weighted by Crippen LogP contribution is 2.34. The molecule has 3 nitrogen and oxygen atoms in total. The van der Waals surface area contributed by atoms with E-state index in [1.54, 1.807) is 0 Å². The molecule has 17 heavy (non-hydrogen) atoms. The molecule has 1 aliphatic heterocycles. The van der Waals surface area contributed by atoms with E-state index in [9.17, 15) is 4.79 Å². The second-order valence-electron chi connectivity index (χ2n) is 5.80. The first-order valence-corrected chi connectivity index (χ1v) is 7.04. The quantitative estimate of drug-likeness (QED) is 0.802. The molecule has 0 saturated carbocycles. The molecule has 3 heteroatoms. The van der Waals surface area contributed by atoms with Crippen molar-refractivity contribution in [2.45, 2.75) is 65.3 Å². The van der Waals surface area contributed by atoms with Crippen LogP contribution in [-0.4, -0.2) is 29.9 Å². The van der Waals surface area contributed by atoms with Gasteiger partial charge < -0.3 is 10.6 Å². The molecule has 1 atom stereocenters. The number of hydrogen-bond acceptors (Lipinski definition) is 2. The van der Waals surface area contributed by atoms with Crippen molar-refractivity contribution < 1.29 is 4.79 Å². The smallest absolute Gasteiger partial charge is 0.224 e. The molecule has 0 aromatic rings. The van der Waals surface area contributed by atoms with Gasteiger partial charge in [0.15, 0.2) is 0 Å². The van der Waals surface area contributed by atoms with Crippen LogP contribution in [0.5, 0.6) is 0 Å². The monoisotopic (exact) mass is 240 g/mol. The number of rotatable bonds is 5. The Morgan fingerprint density at radius 2 is 1.94 bits per heavy atom. The van der Waals surface area contributed by atoms with Gasteiger partial charge in [-0.25, -0.2) is 0 Å². The standard InChI is InChI=1S/C14H28N2O/c1-4-6-12(15)11-13(17)16-9-7-14(3,5-2)8-10-16/h12H,4-11,15H2,1-3H3.